The molecule has 0 amide bonds. The lowest BCUT2D eigenvalue weighted by Crippen LogP contribution is -2.44. The predicted octanol–water partition coefficient (Wildman–Crippen LogP) is 1.09. The highest BCUT2D eigenvalue weighted by atomic mass is 19.3. The number of rotatable bonds is 2. The lowest BCUT2D eigenvalue weighted by Gasteiger charge is -2.21. The van der Waals surface area contributed by atoms with Crippen molar-refractivity contribution in [2.75, 3.05) is 0 Å². The van der Waals surface area contributed by atoms with Crippen LogP contribution < -0.4 is 0 Å². The molecular weight excluding hydrogens is 134 g/mol. The summed E-state index contributed by atoms with van der Waals surface area (Å²) in [6, 6.07) is 0. The maximum Gasteiger partial charge on any atom is 0.258 e. The van der Waals surface area contributed by atoms with Gasteiger partial charge in [-0.3, -0.25) is 0 Å². The normalized spacial score (nSPS) is 13.4. The van der Waals surface area contributed by atoms with Crippen molar-refractivity contribution in [1.29, 1.82) is 0 Å². The maximum atomic E-state index is 11.7. The molecule has 0 aromatic carbocycles. The van der Waals surface area contributed by atoms with E-state index in [0.717, 1.165) is 6.82 Å². The molecule has 0 spiro atoms. The summed E-state index contributed by atoms with van der Waals surface area (Å²) in [6.45, 7) is 0.820. The molecule has 0 aliphatic carbocycles. The zero-order valence-corrected chi connectivity index (χ0v) is 4.67. The van der Waals surface area contributed by atoms with Crippen molar-refractivity contribution in [3.8, 4) is 0 Å². The quantitative estimate of drug-likeness (QED) is 0.394. The van der Waals surface area contributed by atoms with Gasteiger partial charge in [0.15, 0.2) is 7.85 Å². The van der Waals surface area contributed by atoms with Gasteiger partial charge in [0.1, 0.15) is 0 Å². The Kier molecular flexibility index (Phi) is 2.19. The van der Waals surface area contributed by atoms with E-state index in [1.165, 1.54) is 0 Å². The summed E-state index contributed by atoms with van der Waals surface area (Å²) in [5.41, 5.74) is 0. The van der Waals surface area contributed by atoms with Gasteiger partial charge in [-0.25, -0.2) is 17.6 Å². The van der Waals surface area contributed by atoms with Gasteiger partial charge in [-0.1, -0.05) is 6.82 Å². The first kappa shape index (κ1) is 8.85. The lowest BCUT2D eigenvalue weighted by atomic mass is 9.65. The van der Waals surface area contributed by atoms with E-state index in [4.69, 9.17) is 0 Å². The number of hydrogen-bond acceptors (Lipinski definition) is 0. The van der Waals surface area contributed by atoms with Crippen molar-refractivity contribution in [1.82, 2.24) is 0 Å². The molecule has 0 aliphatic rings. The topological polar surface area (TPSA) is 0 Å². The van der Waals surface area contributed by atoms with Crippen LogP contribution in [0.2, 0.25) is 6.82 Å². The molecule has 3 radical (unpaired) electrons. The first-order chi connectivity index (χ1) is 3.81. The zero-order valence-electron chi connectivity index (χ0n) is 4.67. The second-order valence-corrected chi connectivity index (χ2v) is 1.53. The molecule has 0 saturated carbocycles. The van der Waals surface area contributed by atoms with Gasteiger partial charge in [-0.2, -0.15) is 0 Å². The molecule has 0 unspecified atom stereocenters. The molecule has 0 N–H and O–H groups in total. The second kappa shape index (κ2) is 2.23. The molecule has 0 aromatic heterocycles. The Morgan fingerprint density at radius 2 is 1.56 bits per heavy atom. The van der Waals surface area contributed by atoms with Gasteiger partial charge in [0, 0.05) is 0 Å². The molecule has 0 heterocycles. The largest absolute Gasteiger partial charge is 0.258 e. The van der Waals surface area contributed by atoms with Crippen LogP contribution in [0.15, 0.2) is 0 Å². The van der Waals surface area contributed by atoms with Gasteiger partial charge < -0.3 is 0 Å². The van der Waals surface area contributed by atoms with E-state index < -0.39 is 11.6 Å². The highest BCUT2D eigenvalue weighted by Crippen LogP contribution is 2.29. The van der Waals surface area contributed by atoms with E-state index in [1.807, 2.05) is 0 Å². The average molecular weight is 137 g/mol. The van der Waals surface area contributed by atoms with Gasteiger partial charge in [-0.05, 0) is 0 Å². The van der Waals surface area contributed by atoms with Gasteiger partial charge in [-0.15, -0.1) is 0 Å². The summed E-state index contributed by atoms with van der Waals surface area (Å²) in [7, 11) is 3.87. The average Bonchev–Trinajstić information content (AvgIpc) is 1.64. The second-order valence-electron chi connectivity index (χ2n) is 1.53. The Balaban J connectivity index is 4.14. The molecule has 0 nitrogen and oxygen atoms in total. The maximum absolute atomic E-state index is 11.7. The Hall–Kier alpha value is -0.150. The molecule has 0 aromatic rings. The monoisotopic (exact) mass is 137 g/mol. The van der Waals surface area contributed by atoms with Crippen LogP contribution in [0.3, 0.4) is 0 Å². The van der Waals surface area contributed by atoms with E-state index in [-0.39, 0.29) is 7.28 Å². The van der Waals surface area contributed by atoms with E-state index in [9.17, 15) is 17.6 Å². The third-order valence-electron chi connectivity index (χ3n) is 0.807. The van der Waals surface area contributed by atoms with Gasteiger partial charge in [0.25, 0.3) is 11.6 Å². The molecule has 0 saturated heterocycles. The van der Waals surface area contributed by atoms with Crippen LogP contribution >= 0.6 is 0 Å². The molecule has 9 heavy (non-hydrogen) atoms. The minimum atomic E-state index is -4.44. The van der Waals surface area contributed by atoms with Crippen LogP contribution in [-0.4, -0.2) is 26.8 Å². The number of halogens is 4. The van der Waals surface area contributed by atoms with Crippen LogP contribution in [0.1, 0.15) is 0 Å². The number of hydrogen-bond donors (Lipinski definition) is 0. The third kappa shape index (κ3) is 1.91. The first-order valence-electron chi connectivity index (χ1n) is 2.16. The molecule has 49 valence electrons. The molecule has 0 rings (SSSR count). The standard InChI is InChI=1S/C3H3B2F4/c1-5-3(8,9)2(4,6)7/h1H3. The SMILES string of the molecule is [B]C(F)(F)C(F)(F)[B]C. The highest BCUT2D eigenvalue weighted by molar-refractivity contribution is 6.40. The van der Waals surface area contributed by atoms with E-state index in [1.54, 1.807) is 0 Å². The Morgan fingerprint density at radius 3 is 1.56 bits per heavy atom. The molecule has 0 atom stereocenters. The van der Waals surface area contributed by atoms with E-state index >= 15 is 0 Å². The van der Waals surface area contributed by atoms with Crippen LogP contribution in [0.4, 0.5) is 17.6 Å². The first-order valence-corrected chi connectivity index (χ1v) is 2.16. The van der Waals surface area contributed by atoms with E-state index in [2.05, 4.69) is 7.85 Å². The van der Waals surface area contributed by atoms with Crippen LogP contribution in [0.5, 0.6) is 0 Å². The summed E-state index contributed by atoms with van der Waals surface area (Å²) >= 11 is 0. The van der Waals surface area contributed by atoms with E-state index in [0.29, 0.717) is 0 Å². The number of alkyl halides is 4. The minimum Gasteiger partial charge on any atom is -0.214 e. The van der Waals surface area contributed by atoms with Crippen molar-refractivity contribution >= 4 is 15.1 Å². The summed E-state index contributed by atoms with van der Waals surface area (Å²) in [6.07, 6.45) is 0. The fourth-order valence-electron chi connectivity index (χ4n) is 0.192. The van der Waals surface area contributed by atoms with Crippen LogP contribution in [0.25, 0.3) is 0 Å². The molecular formula is C3H3B2F4. The molecule has 0 aliphatic heterocycles. The zero-order chi connectivity index (χ0) is 7.71. The van der Waals surface area contributed by atoms with Gasteiger partial charge in [0.05, 0.1) is 0 Å². The smallest absolute Gasteiger partial charge is 0.214 e. The van der Waals surface area contributed by atoms with Crippen molar-refractivity contribution in [3.63, 3.8) is 0 Å². The summed E-state index contributed by atoms with van der Waals surface area (Å²) in [5, 5.41) is 0. The summed E-state index contributed by atoms with van der Waals surface area (Å²) in [5.74, 6) is -8.64. The Labute approximate surface area is 52.3 Å². The van der Waals surface area contributed by atoms with Gasteiger partial charge >= 0.3 is 0 Å². The molecule has 6 heteroatoms. The fraction of sp³-hybridized carbons (Fsp3) is 1.00. The van der Waals surface area contributed by atoms with Crippen molar-refractivity contribution in [3.05, 3.63) is 0 Å². The van der Waals surface area contributed by atoms with Gasteiger partial charge in [0.2, 0.25) is 7.28 Å². The van der Waals surface area contributed by atoms with Crippen LogP contribution in [0, 0.1) is 0 Å². The Morgan fingerprint density at radius 1 is 1.22 bits per heavy atom. The van der Waals surface area contributed by atoms with Crippen LogP contribution in [-0.2, 0) is 0 Å². The fourth-order valence-corrected chi connectivity index (χ4v) is 0.192. The Bertz CT molecular complexity index is 96.5. The summed E-state index contributed by atoms with van der Waals surface area (Å²) in [4.78, 5) is 0. The minimum absolute atomic E-state index is 0.0625. The predicted molar refractivity (Wildman–Crippen MR) is 27.3 cm³/mol. The molecule has 0 fully saturated rings. The third-order valence-corrected chi connectivity index (χ3v) is 0.807. The molecule has 0 bridgehead atoms. The van der Waals surface area contributed by atoms with Crippen molar-refractivity contribution < 1.29 is 17.6 Å². The lowest BCUT2D eigenvalue weighted by molar-refractivity contribution is -0.0995. The highest BCUT2D eigenvalue weighted by Gasteiger charge is 2.48. The van der Waals surface area contributed by atoms with Crippen molar-refractivity contribution in [2.45, 2.75) is 18.5 Å². The summed E-state index contributed by atoms with van der Waals surface area (Å²) < 4.78 is 46.5. The van der Waals surface area contributed by atoms with Crippen molar-refractivity contribution in [2.24, 2.45) is 0 Å².